The van der Waals surface area contributed by atoms with Gasteiger partial charge < -0.3 is 10.6 Å². The first kappa shape index (κ1) is 14.2. The van der Waals surface area contributed by atoms with E-state index in [0.29, 0.717) is 18.2 Å². The topological polar surface area (TPSA) is 54.0 Å². The van der Waals surface area contributed by atoms with Crippen LogP contribution in [0.1, 0.15) is 30.8 Å². The average molecular weight is 247 g/mol. The molecule has 1 aromatic rings. The monoisotopic (exact) mass is 247 g/mol. The summed E-state index contributed by atoms with van der Waals surface area (Å²) < 4.78 is 0. The van der Waals surface area contributed by atoms with Crippen LogP contribution in [0.3, 0.4) is 0 Å². The van der Waals surface area contributed by atoms with Crippen molar-refractivity contribution < 1.29 is 4.79 Å². The van der Waals surface area contributed by atoms with Gasteiger partial charge >= 0.3 is 0 Å². The zero-order valence-corrected chi connectivity index (χ0v) is 11.1. The van der Waals surface area contributed by atoms with E-state index in [1.807, 2.05) is 6.07 Å². The number of aromatic nitrogens is 1. The summed E-state index contributed by atoms with van der Waals surface area (Å²) in [6.07, 6.45) is 4.43. The predicted octanol–water partition coefficient (Wildman–Crippen LogP) is 2.46. The summed E-state index contributed by atoms with van der Waals surface area (Å²) in [5.74, 6) is 0.498. The highest BCUT2D eigenvalue weighted by Gasteiger charge is 2.05. The van der Waals surface area contributed by atoms with Crippen molar-refractivity contribution in [2.75, 3.05) is 18.4 Å². The van der Waals surface area contributed by atoms with Crippen LogP contribution in [0.5, 0.6) is 0 Å². The molecular weight excluding hydrogens is 226 g/mol. The van der Waals surface area contributed by atoms with E-state index >= 15 is 0 Å². The third-order valence-corrected chi connectivity index (χ3v) is 2.45. The molecule has 0 saturated carbocycles. The maximum atomic E-state index is 11.6. The second-order valence-corrected chi connectivity index (χ2v) is 4.54. The molecule has 1 aromatic heterocycles. The Balaban J connectivity index is 2.46. The fraction of sp³-hybridized carbons (Fsp3) is 0.429. The molecule has 0 atom stereocenters. The SMILES string of the molecule is C=CCNC(=O)c1ccc(NCCC(C)C)cn1. The van der Waals surface area contributed by atoms with E-state index in [1.165, 1.54) is 0 Å². The van der Waals surface area contributed by atoms with Gasteiger partial charge in [-0.2, -0.15) is 0 Å². The van der Waals surface area contributed by atoms with Crippen molar-refractivity contribution in [2.24, 2.45) is 5.92 Å². The fourth-order valence-electron chi connectivity index (χ4n) is 1.39. The van der Waals surface area contributed by atoms with Crippen molar-refractivity contribution in [1.29, 1.82) is 0 Å². The van der Waals surface area contributed by atoms with Crippen molar-refractivity contribution in [1.82, 2.24) is 10.3 Å². The molecule has 0 aromatic carbocycles. The Morgan fingerprint density at radius 1 is 1.50 bits per heavy atom. The van der Waals surface area contributed by atoms with Crippen molar-refractivity contribution in [3.63, 3.8) is 0 Å². The maximum Gasteiger partial charge on any atom is 0.270 e. The molecular formula is C14H21N3O. The molecule has 0 aliphatic heterocycles. The Morgan fingerprint density at radius 3 is 2.83 bits per heavy atom. The number of hydrogen-bond donors (Lipinski definition) is 2. The quantitative estimate of drug-likeness (QED) is 0.728. The van der Waals surface area contributed by atoms with Gasteiger partial charge in [0.1, 0.15) is 5.69 Å². The van der Waals surface area contributed by atoms with Crippen LogP contribution in [0.2, 0.25) is 0 Å². The second kappa shape index (κ2) is 7.48. The largest absolute Gasteiger partial charge is 0.384 e. The van der Waals surface area contributed by atoms with Gasteiger partial charge in [-0.05, 0) is 24.5 Å². The molecule has 1 amide bonds. The lowest BCUT2D eigenvalue weighted by molar-refractivity contribution is 0.0953. The highest BCUT2D eigenvalue weighted by Crippen LogP contribution is 2.07. The van der Waals surface area contributed by atoms with Crippen LogP contribution in [-0.2, 0) is 0 Å². The van der Waals surface area contributed by atoms with Crippen molar-refractivity contribution in [2.45, 2.75) is 20.3 Å². The molecule has 98 valence electrons. The summed E-state index contributed by atoms with van der Waals surface area (Å²) in [5, 5.41) is 5.96. The van der Waals surface area contributed by atoms with E-state index in [0.717, 1.165) is 18.7 Å². The Morgan fingerprint density at radius 2 is 2.28 bits per heavy atom. The molecule has 0 unspecified atom stereocenters. The van der Waals surface area contributed by atoms with Crippen LogP contribution < -0.4 is 10.6 Å². The van der Waals surface area contributed by atoms with E-state index in [2.05, 4.69) is 36.0 Å². The Kier molecular flexibility index (Phi) is 5.91. The lowest BCUT2D eigenvalue weighted by Gasteiger charge is -2.08. The standard InChI is InChI=1S/C14H21N3O/c1-4-8-16-14(18)13-6-5-12(10-17-13)15-9-7-11(2)3/h4-6,10-11,15H,1,7-9H2,2-3H3,(H,16,18). The third kappa shape index (κ3) is 4.99. The number of nitrogens with zero attached hydrogens (tertiary/aromatic N) is 1. The van der Waals surface area contributed by atoms with Gasteiger partial charge in [-0.1, -0.05) is 19.9 Å². The molecule has 2 N–H and O–H groups in total. The number of carbonyl (C=O) groups is 1. The normalized spacial score (nSPS) is 10.2. The number of nitrogens with one attached hydrogen (secondary N) is 2. The number of anilines is 1. The molecule has 0 saturated heterocycles. The molecule has 4 nitrogen and oxygen atoms in total. The molecule has 4 heteroatoms. The van der Waals surface area contributed by atoms with Gasteiger partial charge in [0.2, 0.25) is 0 Å². The Hall–Kier alpha value is -1.84. The third-order valence-electron chi connectivity index (χ3n) is 2.45. The molecule has 0 bridgehead atoms. The van der Waals surface area contributed by atoms with Crippen LogP contribution >= 0.6 is 0 Å². The van der Waals surface area contributed by atoms with Gasteiger partial charge in [-0.15, -0.1) is 6.58 Å². The highest BCUT2D eigenvalue weighted by molar-refractivity contribution is 5.92. The molecule has 1 heterocycles. The first-order chi connectivity index (χ1) is 8.63. The summed E-state index contributed by atoms with van der Waals surface area (Å²) in [6, 6.07) is 3.59. The minimum Gasteiger partial charge on any atom is -0.384 e. The Bertz CT molecular complexity index is 385. The number of pyridine rings is 1. The Labute approximate surface area is 109 Å². The fourth-order valence-corrected chi connectivity index (χ4v) is 1.39. The van der Waals surface area contributed by atoms with Crippen molar-refractivity contribution in [3.05, 3.63) is 36.7 Å². The molecule has 0 spiro atoms. The van der Waals surface area contributed by atoms with Gasteiger partial charge in [0.05, 0.1) is 11.9 Å². The molecule has 1 rings (SSSR count). The summed E-state index contributed by atoms with van der Waals surface area (Å²) in [5.41, 5.74) is 1.36. The first-order valence-corrected chi connectivity index (χ1v) is 6.22. The minimum absolute atomic E-state index is 0.177. The number of carbonyl (C=O) groups excluding carboxylic acids is 1. The first-order valence-electron chi connectivity index (χ1n) is 6.22. The van der Waals surface area contributed by atoms with Gasteiger partial charge in [0, 0.05) is 13.1 Å². The number of rotatable bonds is 7. The highest BCUT2D eigenvalue weighted by atomic mass is 16.1. The van der Waals surface area contributed by atoms with Crippen LogP contribution in [-0.4, -0.2) is 24.0 Å². The van der Waals surface area contributed by atoms with Crippen LogP contribution in [0.15, 0.2) is 31.0 Å². The summed E-state index contributed by atoms with van der Waals surface area (Å²) in [7, 11) is 0. The van der Waals surface area contributed by atoms with E-state index in [9.17, 15) is 4.79 Å². The summed E-state index contributed by atoms with van der Waals surface area (Å²) >= 11 is 0. The maximum absolute atomic E-state index is 11.6. The molecule has 0 aliphatic rings. The van der Waals surface area contributed by atoms with Crippen molar-refractivity contribution in [3.8, 4) is 0 Å². The molecule has 0 aliphatic carbocycles. The van der Waals surface area contributed by atoms with E-state index in [-0.39, 0.29) is 5.91 Å². The lowest BCUT2D eigenvalue weighted by Crippen LogP contribution is -2.24. The number of hydrogen-bond acceptors (Lipinski definition) is 3. The zero-order valence-electron chi connectivity index (χ0n) is 11.1. The van der Waals surface area contributed by atoms with Gasteiger partial charge in [0.15, 0.2) is 0 Å². The van der Waals surface area contributed by atoms with Crippen LogP contribution in [0, 0.1) is 5.92 Å². The zero-order chi connectivity index (χ0) is 13.4. The average Bonchev–Trinajstić information content (AvgIpc) is 2.36. The van der Waals surface area contributed by atoms with Crippen LogP contribution in [0.4, 0.5) is 5.69 Å². The van der Waals surface area contributed by atoms with Crippen LogP contribution in [0.25, 0.3) is 0 Å². The second-order valence-electron chi connectivity index (χ2n) is 4.54. The molecule has 0 radical (unpaired) electrons. The smallest absolute Gasteiger partial charge is 0.270 e. The van der Waals surface area contributed by atoms with Gasteiger partial charge in [-0.3, -0.25) is 4.79 Å². The molecule has 0 fully saturated rings. The number of amides is 1. The summed E-state index contributed by atoms with van der Waals surface area (Å²) in [4.78, 5) is 15.7. The van der Waals surface area contributed by atoms with E-state index in [4.69, 9.17) is 0 Å². The molecule has 18 heavy (non-hydrogen) atoms. The van der Waals surface area contributed by atoms with Crippen molar-refractivity contribution >= 4 is 11.6 Å². The van der Waals surface area contributed by atoms with Gasteiger partial charge in [0.25, 0.3) is 5.91 Å². The summed E-state index contributed by atoms with van der Waals surface area (Å²) in [6.45, 7) is 9.29. The van der Waals surface area contributed by atoms with E-state index in [1.54, 1.807) is 18.3 Å². The van der Waals surface area contributed by atoms with E-state index < -0.39 is 0 Å². The lowest BCUT2D eigenvalue weighted by atomic mass is 10.1. The predicted molar refractivity (Wildman–Crippen MR) is 74.7 cm³/mol. The van der Waals surface area contributed by atoms with Gasteiger partial charge in [-0.25, -0.2) is 4.98 Å². The minimum atomic E-state index is -0.177.